The number of likely N-dealkylation sites (N-methyl/N-ethyl adjacent to an activating group) is 1. The summed E-state index contributed by atoms with van der Waals surface area (Å²) in [5.41, 5.74) is 2.06. The summed E-state index contributed by atoms with van der Waals surface area (Å²) in [4.78, 5) is 11.3. The molecule has 2 aromatic rings. The number of hydrogen-bond acceptors (Lipinski definition) is 4. The highest BCUT2D eigenvalue weighted by molar-refractivity contribution is 5.85. The highest BCUT2D eigenvalue weighted by Gasteiger charge is 2.28. The SMILES string of the molecule is CC(CNc1nccc2c1ncn2C)N(C)C1CC1. The molecule has 19 heavy (non-hydrogen) atoms. The van der Waals surface area contributed by atoms with Gasteiger partial charge >= 0.3 is 0 Å². The number of hydrogen-bond donors (Lipinski definition) is 1. The largest absolute Gasteiger partial charge is 0.367 e. The van der Waals surface area contributed by atoms with Crippen molar-refractivity contribution >= 4 is 16.9 Å². The van der Waals surface area contributed by atoms with Crippen LogP contribution in [0.5, 0.6) is 0 Å². The number of aromatic nitrogens is 3. The molecule has 5 heteroatoms. The van der Waals surface area contributed by atoms with Crippen molar-refractivity contribution in [2.24, 2.45) is 7.05 Å². The molecule has 0 aliphatic heterocycles. The monoisotopic (exact) mass is 259 g/mol. The molecule has 2 aromatic heterocycles. The number of fused-ring (bicyclic) bond motifs is 1. The maximum atomic E-state index is 4.41. The van der Waals surface area contributed by atoms with Gasteiger partial charge in [-0.15, -0.1) is 0 Å². The van der Waals surface area contributed by atoms with Gasteiger partial charge in [0.15, 0.2) is 5.82 Å². The fourth-order valence-electron chi connectivity index (χ4n) is 2.42. The molecule has 1 unspecified atom stereocenters. The summed E-state index contributed by atoms with van der Waals surface area (Å²) in [6, 6.07) is 3.29. The summed E-state index contributed by atoms with van der Waals surface area (Å²) in [5, 5.41) is 3.44. The van der Waals surface area contributed by atoms with Crippen LogP contribution >= 0.6 is 0 Å². The van der Waals surface area contributed by atoms with Gasteiger partial charge in [-0.3, -0.25) is 4.90 Å². The molecule has 1 aliphatic rings. The first-order chi connectivity index (χ1) is 9.16. The molecule has 1 fully saturated rings. The molecular weight excluding hydrogens is 238 g/mol. The fourth-order valence-corrected chi connectivity index (χ4v) is 2.42. The maximum absolute atomic E-state index is 4.41. The van der Waals surface area contributed by atoms with Crippen molar-refractivity contribution in [2.45, 2.75) is 31.8 Å². The highest BCUT2D eigenvalue weighted by atomic mass is 15.2. The van der Waals surface area contributed by atoms with E-state index >= 15 is 0 Å². The van der Waals surface area contributed by atoms with E-state index in [4.69, 9.17) is 0 Å². The predicted octanol–water partition coefficient (Wildman–Crippen LogP) is 1.86. The van der Waals surface area contributed by atoms with E-state index in [-0.39, 0.29) is 0 Å². The number of aryl methyl sites for hydroxylation is 1. The Morgan fingerprint density at radius 1 is 1.47 bits per heavy atom. The first-order valence-electron chi connectivity index (χ1n) is 6.88. The lowest BCUT2D eigenvalue weighted by atomic mass is 10.3. The Balaban J connectivity index is 1.71. The third-order valence-electron chi connectivity index (χ3n) is 4.03. The lowest BCUT2D eigenvalue weighted by Crippen LogP contribution is -2.36. The van der Waals surface area contributed by atoms with E-state index in [9.17, 15) is 0 Å². The predicted molar refractivity (Wildman–Crippen MR) is 77.2 cm³/mol. The van der Waals surface area contributed by atoms with E-state index < -0.39 is 0 Å². The van der Waals surface area contributed by atoms with Crippen molar-refractivity contribution in [2.75, 3.05) is 18.9 Å². The molecule has 2 heterocycles. The summed E-state index contributed by atoms with van der Waals surface area (Å²) < 4.78 is 2.02. The highest BCUT2D eigenvalue weighted by Crippen LogP contribution is 2.27. The fraction of sp³-hybridized carbons (Fsp3) is 0.571. The Labute approximate surface area is 113 Å². The quantitative estimate of drug-likeness (QED) is 0.890. The standard InChI is InChI=1S/C14H21N5/c1-10(19(3)11-4-5-11)8-16-14-13-12(6-7-15-14)18(2)9-17-13/h6-7,9-11H,4-5,8H2,1-3H3,(H,15,16). The summed E-state index contributed by atoms with van der Waals surface area (Å²) in [6.07, 6.45) is 6.35. The van der Waals surface area contributed by atoms with Crippen molar-refractivity contribution in [3.63, 3.8) is 0 Å². The normalized spacial score (nSPS) is 17.1. The molecule has 0 saturated heterocycles. The van der Waals surface area contributed by atoms with Crippen LogP contribution in [0.15, 0.2) is 18.6 Å². The van der Waals surface area contributed by atoms with Gasteiger partial charge in [0.1, 0.15) is 5.52 Å². The molecule has 5 nitrogen and oxygen atoms in total. The molecule has 0 bridgehead atoms. The molecule has 0 radical (unpaired) electrons. The first kappa shape index (κ1) is 12.4. The van der Waals surface area contributed by atoms with Gasteiger partial charge in [0.05, 0.1) is 11.8 Å². The second-order valence-electron chi connectivity index (χ2n) is 5.51. The summed E-state index contributed by atoms with van der Waals surface area (Å²) in [7, 11) is 4.21. The van der Waals surface area contributed by atoms with Gasteiger partial charge in [-0.05, 0) is 32.9 Å². The van der Waals surface area contributed by atoms with Crippen molar-refractivity contribution in [3.05, 3.63) is 18.6 Å². The third kappa shape index (κ3) is 2.42. The number of anilines is 1. The van der Waals surface area contributed by atoms with Crippen molar-refractivity contribution in [1.29, 1.82) is 0 Å². The van der Waals surface area contributed by atoms with E-state index in [0.717, 1.165) is 29.4 Å². The zero-order chi connectivity index (χ0) is 13.4. The molecule has 102 valence electrons. The van der Waals surface area contributed by atoms with Crippen LogP contribution in [-0.2, 0) is 7.05 Å². The molecule has 0 amide bonds. The number of rotatable bonds is 5. The van der Waals surface area contributed by atoms with Gasteiger partial charge in [-0.1, -0.05) is 0 Å². The number of nitrogens with zero attached hydrogens (tertiary/aromatic N) is 4. The Morgan fingerprint density at radius 3 is 3.00 bits per heavy atom. The number of nitrogens with one attached hydrogen (secondary N) is 1. The molecule has 1 aliphatic carbocycles. The minimum absolute atomic E-state index is 0.508. The van der Waals surface area contributed by atoms with E-state index in [1.165, 1.54) is 12.8 Å². The lowest BCUT2D eigenvalue weighted by Gasteiger charge is -2.24. The van der Waals surface area contributed by atoms with Crippen molar-refractivity contribution in [3.8, 4) is 0 Å². The van der Waals surface area contributed by atoms with Crippen LogP contribution in [0.25, 0.3) is 11.0 Å². The second kappa shape index (κ2) is 4.81. The summed E-state index contributed by atoms with van der Waals surface area (Å²) in [6.45, 7) is 3.15. The molecule has 1 N–H and O–H groups in total. The van der Waals surface area contributed by atoms with E-state index in [2.05, 4.69) is 34.2 Å². The van der Waals surface area contributed by atoms with Crippen LogP contribution in [0.1, 0.15) is 19.8 Å². The van der Waals surface area contributed by atoms with E-state index in [0.29, 0.717) is 6.04 Å². The van der Waals surface area contributed by atoms with Crippen molar-refractivity contribution < 1.29 is 0 Å². The van der Waals surface area contributed by atoms with Crippen molar-refractivity contribution in [1.82, 2.24) is 19.4 Å². The Bertz CT molecular complexity index is 572. The van der Waals surface area contributed by atoms with Crippen LogP contribution < -0.4 is 5.32 Å². The Kier molecular flexibility index (Phi) is 3.14. The lowest BCUT2D eigenvalue weighted by molar-refractivity contribution is 0.257. The maximum Gasteiger partial charge on any atom is 0.154 e. The van der Waals surface area contributed by atoms with Gasteiger partial charge < -0.3 is 9.88 Å². The average molecular weight is 259 g/mol. The molecular formula is C14H21N5. The molecule has 0 spiro atoms. The van der Waals surface area contributed by atoms with Crippen LogP contribution in [0, 0.1) is 0 Å². The van der Waals surface area contributed by atoms with E-state index in [1.807, 2.05) is 30.2 Å². The van der Waals surface area contributed by atoms with Crippen LogP contribution in [0.3, 0.4) is 0 Å². The topological polar surface area (TPSA) is 46.0 Å². The number of imidazole rings is 1. The zero-order valence-corrected chi connectivity index (χ0v) is 11.8. The van der Waals surface area contributed by atoms with Crippen LogP contribution in [0.2, 0.25) is 0 Å². The third-order valence-corrected chi connectivity index (χ3v) is 4.03. The first-order valence-corrected chi connectivity index (χ1v) is 6.88. The second-order valence-corrected chi connectivity index (χ2v) is 5.51. The smallest absolute Gasteiger partial charge is 0.154 e. The molecule has 0 aromatic carbocycles. The molecule has 1 saturated carbocycles. The minimum atomic E-state index is 0.508. The minimum Gasteiger partial charge on any atom is -0.367 e. The van der Waals surface area contributed by atoms with Gasteiger partial charge in [0, 0.05) is 31.9 Å². The van der Waals surface area contributed by atoms with Crippen LogP contribution in [0.4, 0.5) is 5.82 Å². The van der Waals surface area contributed by atoms with Gasteiger partial charge in [-0.2, -0.15) is 0 Å². The number of pyridine rings is 1. The molecule has 1 atom stereocenters. The zero-order valence-electron chi connectivity index (χ0n) is 11.8. The Hall–Kier alpha value is -1.62. The van der Waals surface area contributed by atoms with Gasteiger partial charge in [0.2, 0.25) is 0 Å². The Morgan fingerprint density at radius 2 is 2.26 bits per heavy atom. The van der Waals surface area contributed by atoms with E-state index in [1.54, 1.807) is 0 Å². The average Bonchev–Trinajstić information content (AvgIpc) is 3.20. The molecule has 3 rings (SSSR count). The summed E-state index contributed by atoms with van der Waals surface area (Å²) in [5.74, 6) is 0.883. The summed E-state index contributed by atoms with van der Waals surface area (Å²) >= 11 is 0. The van der Waals surface area contributed by atoms with Crippen LogP contribution in [-0.4, -0.2) is 45.1 Å². The van der Waals surface area contributed by atoms with Gasteiger partial charge in [0.25, 0.3) is 0 Å². The van der Waals surface area contributed by atoms with Gasteiger partial charge in [-0.25, -0.2) is 9.97 Å².